The quantitative estimate of drug-likeness (QED) is 0.387. The van der Waals surface area contributed by atoms with Crippen molar-refractivity contribution in [2.45, 2.75) is 13.8 Å². The Bertz CT molecular complexity index is 1330. The van der Waals surface area contributed by atoms with Gasteiger partial charge >= 0.3 is 0 Å². The molecule has 1 heterocycles. The lowest BCUT2D eigenvalue weighted by molar-refractivity contribution is -0.122. The number of benzene rings is 3. The van der Waals surface area contributed by atoms with Gasteiger partial charge in [-0.25, -0.2) is 9.07 Å². The summed E-state index contributed by atoms with van der Waals surface area (Å²) < 4.78 is 20.4. The van der Waals surface area contributed by atoms with Crippen LogP contribution in [-0.4, -0.2) is 34.7 Å². The smallest absolute Gasteiger partial charge is 0.259 e. The SMILES string of the molecule is CCNC(=O)COc1ccc(NC(=O)c2cn(-c3ccc(F)cc3)nc2-c2cccc(C)c2)cc1. The van der Waals surface area contributed by atoms with Gasteiger partial charge in [0.15, 0.2) is 6.61 Å². The van der Waals surface area contributed by atoms with Crippen LogP contribution in [0.2, 0.25) is 0 Å². The topological polar surface area (TPSA) is 85.3 Å². The highest BCUT2D eigenvalue weighted by atomic mass is 19.1. The lowest BCUT2D eigenvalue weighted by Gasteiger charge is -2.08. The second-order valence-corrected chi connectivity index (χ2v) is 7.90. The van der Waals surface area contributed by atoms with Crippen molar-refractivity contribution in [1.82, 2.24) is 15.1 Å². The molecule has 0 bridgehead atoms. The van der Waals surface area contributed by atoms with Crippen molar-refractivity contribution < 1.29 is 18.7 Å². The van der Waals surface area contributed by atoms with Crippen molar-refractivity contribution >= 4 is 17.5 Å². The number of nitrogens with one attached hydrogen (secondary N) is 2. The van der Waals surface area contributed by atoms with Crippen LogP contribution in [0.15, 0.2) is 79.0 Å². The minimum atomic E-state index is -0.351. The third-order valence-electron chi connectivity index (χ3n) is 5.20. The summed E-state index contributed by atoms with van der Waals surface area (Å²) in [6.07, 6.45) is 1.63. The zero-order chi connectivity index (χ0) is 24.8. The van der Waals surface area contributed by atoms with Gasteiger partial charge in [0.25, 0.3) is 11.8 Å². The van der Waals surface area contributed by atoms with Crippen LogP contribution in [0.4, 0.5) is 10.1 Å². The molecule has 35 heavy (non-hydrogen) atoms. The summed E-state index contributed by atoms with van der Waals surface area (Å²) in [4.78, 5) is 24.8. The molecule has 2 amide bonds. The van der Waals surface area contributed by atoms with Gasteiger partial charge in [0.05, 0.1) is 11.3 Å². The van der Waals surface area contributed by atoms with E-state index in [0.717, 1.165) is 11.1 Å². The molecule has 4 rings (SSSR count). The monoisotopic (exact) mass is 472 g/mol. The highest BCUT2D eigenvalue weighted by molar-refractivity contribution is 6.08. The maximum Gasteiger partial charge on any atom is 0.259 e. The Labute approximate surface area is 202 Å². The van der Waals surface area contributed by atoms with E-state index < -0.39 is 0 Å². The number of carbonyl (C=O) groups is 2. The Morgan fingerprint density at radius 2 is 1.77 bits per heavy atom. The Hall–Kier alpha value is -4.46. The second kappa shape index (κ2) is 10.6. The number of aromatic nitrogens is 2. The van der Waals surface area contributed by atoms with E-state index in [2.05, 4.69) is 15.7 Å². The average molecular weight is 473 g/mol. The summed E-state index contributed by atoms with van der Waals surface area (Å²) in [6.45, 7) is 4.26. The number of likely N-dealkylation sites (N-methyl/N-ethyl adjacent to an activating group) is 1. The van der Waals surface area contributed by atoms with Crippen LogP contribution in [0.5, 0.6) is 5.75 Å². The zero-order valence-corrected chi connectivity index (χ0v) is 19.4. The predicted molar refractivity (Wildman–Crippen MR) is 132 cm³/mol. The first kappa shape index (κ1) is 23.7. The van der Waals surface area contributed by atoms with Gasteiger partial charge in [-0.15, -0.1) is 0 Å². The molecule has 1 aromatic heterocycles. The molecule has 0 aliphatic rings. The fourth-order valence-electron chi connectivity index (χ4n) is 3.50. The molecule has 178 valence electrons. The minimum Gasteiger partial charge on any atom is -0.484 e. The van der Waals surface area contributed by atoms with E-state index in [0.29, 0.717) is 34.9 Å². The van der Waals surface area contributed by atoms with Crippen molar-refractivity contribution in [2.24, 2.45) is 0 Å². The highest BCUT2D eigenvalue weighted by Crippen LogP contribution is 2.26. The fraction of sp³-hybridized carbons (Fsp3) is 0.148. The van der Waals surface area contributed by atoms with E-state index in [9.17, 15) is 14.0 Å². The summed E-state index contributed by atoms with van der Waals surface area (Å²) in [5, 5.41) is 10.2. The summed E-state index contributed by atoms with van der Waals surface area (Å²) in [7, 11) is 0. The molecule has 0 saturated carbocycles. The van der Waals surface area contributed by atoms with Gasteiger partial charge in [0.2, 0.25) is 0 Å². The molecule has 8 heteroatoms. The Kier molecular flexibility index (Phi) is 7.21. The zero-order valence-electron chi connectivity index (χ0n) is 19.4. The number of carbonyl (C=O) groups excluding carboxylic acids is 2. The summed E-state index contributed by atoms with van der Waals surface area (Å²) in [5.41, 5.74) is 3.91. The maximum atomic E-state index is 13.4. The van der Waals surface area contributed by atoms with Crippen LogP contribution in [0.3, 0.4) is 0 Å². The first-order chi connectivity index (χ1) is 16.9. The lowest BCUT2D eigenvalue weighted by atomic mass is 10.1. The lowest BCUT2D eigenvalue weighted by Crippen LogP contribution is -2.28. The number of anilines is 1. The summed E-state index contributed by atoms with van der Waals surface area (Å²) in [6, 6.07) is 20.4. The third kappa shape index (κ3) is 5.92. The number of ether oxygens (including phenoxy) is 1. The number of hydrogen-bond acceptors (Lipinski definition) is 4. The Balaban J connectivity index is 1.57. The second-order valence-electron chi connectivity index (χ2n) is 7.90. The number of amides is 2. The standard InChI is InChI=1S/C27H25FN4O3/c1-3-29-25(33)17-35-23-13-9-21(10-14-23)30-27(34)24-16-32(22-11-7-20(28)8-12-22)31-26(24)19-6-4-5-18(2)15-19/h4-16H,3,17H2,1-2H3,(H,29,33)(H,30,34). The van der Waals surface area contributed by atoms with Crippen molar-refractivity contribution in [1.29, 1.82) is 0 Å². The first-order valence-electron chi connectivity index (χ1n) is 11.2. The van der Waals surface area contributed by atoms with E-state index in [-0.39, 0.29) is 24.2 Å². The Morgan fingerprint density at radius 3 is 2.46 bits per heavy atom. The molecule has 4 aromatic rings. The van der Waals surface area contributed by atoms with Gasteiger partial charge in [-0.2, -0.15) is 5.10 Å². The van der Waals surface area contributed by atoms with E-state index in [4.69, 9.17) is 4.74 Å². The molecule has 0 spiro atoms. The molecule has 0 aliphatic heterocycles. The van der Waals surface area contributed by atoms with Crippen LogP contribution in [0.25, 0.3) is 16.9 Å². The highest BCUT2D eigenvalue weighted by Gasteiger charge is 2.19. The molecule has 7 nitrogen and oxygen atoms in total. The molecule has 0 aliphatic carbocycles. The van der Waals surface area contributed by atoms with E-state index >= 15 is 0 Å². The van der Waals surface area contributed by atoms with Gasteiger partial charge in [0.1, 0.15) is 17.3 Å². The van der Waals surface area contributed by atoms with Crippen molar-refractivity contribution in [3.8, 4) is 22.7 Å². The Morgan fingerprint density at radius 1 is 1.03 bits per heavy atom. The molecule has 0 unspecified atom stereocenters. The predicted octanol–water partition coefficient (Wildman–Crippen LogP) is 4.75. The molecule has 0 radical (unpaired) electrons. The van der Waals surface area contributed by atoms with Gasteiger partial charge in [-0.05, 0) is 68.4 Å². The third-order valence-corrected chi connectivity index (χ3v) is 5.20. The van der Waals surface area contributed by atoms with E-state index in [1.165, 1.54) is 12.1 Å². The van der Waals surface area contributed by atoms with Crippen LogP contribution in [0.1, 0.15) is 22.8 Å². The number of aryl methyl sites for hydroxylation is 1. The van der Waals surface area contributed by atoms with Crippen LogP contribution in [0, 0.1) is 12.7 Å². The van der Waals surface area contributed by atoms with Crippen LogP contribution < -0.4 is 15.4 Å². The normalized spacial score (nSPS) is 10.6. The molecule has 3 aromatic carbocycles. The van der Waals surface area contributed by atoms with E-state index in [1.54, 1.807) is 47.3 Å². The molecular weight excluding hydrogens is 447 g/mol. The van der Waals surface area contributed by atoms with Crippen molar-refractivity contribution in [3.63, 3.8) is 0 Å². The minimum absolute atomic E-state index is 0.0814. The summed E-state index contributed by atoms with van der Waals surface area (Å²) >= 11 is 0. The number of halogens is 1. The maximum absolute atomic E-state index is 13.4. The molecule has 0 atom stereocenters. The van der Waals surface area contributed by atoms with Gasteiger partial charge in [0, 0.05) is 24.0 Å². The number of nitrogens with zero attached hydrogens (tertiary/aromatic N) is 2. The van der Waals surface area contributed by atoms with Crippen LogP contribution in [-0.2, 0) is 4.79 Å². The average Bonchev–Trinajstić information content (AvgIpc) is 3.30. The number of rotatable bonds is 8. The molecule has 0 saturated heterocycles. The first-order valence-corrected chi connectivity index (χ1v) is 11.2. The number of hydrogen-bond donors (Lipinski definition) is 2. The molecular formula is C27H25FN4O3. The fourth-order valence-corrected chi connectivity index (χ4v) is 3.50. The van der Waals surface area contributed by atoms with E-state index in [1.807, 2.05) is 38.1 Å². The van der Waals surface area contributed by atoms with Gasteiger partial charge < -0.3 is 15.4 Å². The van der Waals surface area contributed by atoms with Gasteiger partial charge in [-0.3, -0.25) is 9.59 Å². The van der Waals surface area contributed by atoms with Gasteiger partial charge in [-0.1, -0.05) is 23.8 Å². The molecule has 2 N–H and O–H groups in total. The largest absolute Gasteiger partial charge is 0.484 e. The van der Waals surface area contributed by atoms with Crippen molar-refractivity contribution in [3.05, 3.63) is 95.9 Å². The van der Waals surface area contributed by atoms with Crippen LogP contribution >= 0.6 is 0 Å². The summed E-state index contributed by atoms with van der Waals surface area (Å²) in [5.74, 6) is -0.382. The van der Waals surface area contributed by atoms with Crippen molar-refractivity contribution in [2.75, 3.05) is 18.5 Å². The molecule has 0 fully saturated rings.